The molecule has 17 heavy (non-hydrogen) atoms. The molecule has 4 nitrogen and oxygen atoms in total. The summed E-state index contributed by atoms with van der Waals surface area (Å²) in [7, 11) is 0. The van der Waals surface area contributed by atoms with Gasteiger partial charge < -0.3 is 9.84 Å². The predicted molar refractivity (Wildman–Crippen MR) is 60.0 cm³/mol. The van der Waals surface area contributed by atoms with Crippen LogP contribution in [-0.2, 0) is 0 Å². The molecule has 7 heteroatoms. The van der Waals surface area contributed by atoms with Gasteiger partial charge in [-0.1, -0.05) is 0 Å². The molecule has 0 unspecified atom stereocenters. The van der Waals surface area contributed by atoms with Crippen molar-refractivity contribution in [1.82, 2.24) is 4.98 Å². The van der Waals surface area contributed by atoms with E-state index in [4.69, 9.17) is 9.84 Å². The Kier molecular flexibility index (Phi) is 5.14. The summed E-state index contributed by atoms with van der Waals surface area (Å²) in [6, 6.07) is 0.967. The Morgan fingerprint density at radius 1 is 1.65 bits per heavy atom. The van der Waals surface area contributed by atoms with E-state index < -0.39 is 23.5 Å². The lowest BCUT2D eigenvalue weighted by Crippen LogP contribution is -2.07. The molecule has 0 aliphatic rings. The number of aromatic carboxylic acids is 1. The van der Waals surface area contributed by atoms with E-state index in [1.807, 2.05) is 6.26 Å². The zero-order valence-electron chi connectivity index (χ0n) is 9.02. The molecular formula is C10H11F2NO3S. The van der Waals surface area contributed by atoms with Crippen LogP contribution < -0.4 is 4.74 Å². The average molecular weight is 263 g/mol. The second kappa shape index (κ2) is 6.39. The molecule has 0 spiro atoms. The largest absolute Gasteiger partial charge is 0.478 e. The van der Waals surface area contributed by atoms with Gasteiger partial charge >= 0.3 is 5.97 Å². The highest BCUT2D eigenvalue weighted by Crippen LogP contribution is 2.25. The fraction of sp³-hybridized carbons (Fsp3) is 0.400. The molecule has 94 valence electrons. The Balaban J connectivity index is 2.90. The number of carboxylic acids is 1. The van der Waals surface area contributed by atoms with E-state index in [0.29, 0.717) is 12.4 Å². The molecule has 1 aromatic heterocycles. The lowest BCUT2D eigenvalue weighted by Gasteiger charge is -2.08. The van der Waals surface area contributed by atoms with Crippen molar-refractivity contribution in [3.8, 4) is 5.88 Å². The summed E-state index contributed by atoms with van der Waals surface area (Å²) in [5.74, 6) is -0.713. The van der Waals surface area contributed by atoms with Crippen LogP contribution in [0.2, 0.25) is 0 Å². The first-order chi connectivity index (χ1) is 8.06. The number of aromatic nitrogens is 1. The number of thioether (sulfide) groups is 1. The number of carboxylic acid groups (broad SMARTS) is 1. The van der Waals surface area contributed by atoms with Crippen LogP contribution in [0.1, 0.15) is 22.3 Å². The summed E-state index contributed by atoms with van der Waals surface area (Å²) < 4.78 is 30.3. The lowest BCUT2D eigenvalue weighted by atomic mass is 10.1. The molecule has 0 bridgehead atoms. The van der Waals surface area contributed by atoms with E-state index >= 15 is 0 Å². The van der Waals surface area contributed by atoms with Gasteiger partial charge in [-0.05, 0) is 6.26 Å². The molecule has 0 atom stereocenters. The fourth-order valence-corrected chi connectivity index (χ4v) is 1.37. The van der Waals surface area contributed by atoms with Crippen LogP contribution in [0.3, 0.4) is 0 Å². The number of rotatable bonds is 6. The Labute approximate surface area is 101 Å². The summed E-state index contributed by atoms with van der Waals surface area (Å²) in [5.41, 5.74) is -1.08. The van der Waals surface area contributed by atoms with E-state index in [1.54, 1.807) is 11.8 Å². The van der Waals surface area contributed by atoms with Gasteiger partial charge in [-0.2, -0.15) is 11.8 Å². The smallest absolute Gasteiger partial charge is 0.337 e. The Morgan fingerprint density at radius 2 is 2.35 bits per heavy atom. The number of carbonyl (C=O) groups is 1. The van der Waals surface area contributed by atoms with Gasteiger partial charge in [0, 0.05) is 23.6 Å². The van der Waals surface area contributed by atoms with Crippen LogP contribution in [0.4, 0.5) is 8.78 Å². The molecule has 0 aliphatic carbocycles. The van der Waals surface area contributed by atoms with Crippen molar-refractivity contribution in [2.45, 2.75) is 6.43 Å². The number of nitrogens with zero attached hydrogens (tertiary/aromatic N) is 1. The zero-order valence-corrected chi connectivity index (χ0v) is 9.84. The van der Waals surface area contributed by atoms with Crippen LogP contribution >= 0.6 is 11.8 Å². The highest BCUT2D eigenvalue weighted by molar-refractivity contribution is 7.98. The average Bonchev–Trinajstić information content (AvgIpc) is 2.29. The van der Waals surface area contributed by atoms with Crippen molar-refractivity contribution < 1.29 is 23.4 Å². The van der Waals surface area contributed by atoms with Crippen LogP contribution in [0.25, 0.3) is 0 Å². The molecule has 0 saturated carbocycles. The van der Waals surface area contributed by atoms with Gasteiger partial charge in [0.15, 0.2) is 0 Å². The number of hydrogen-bond acceptors (Lipinski definition) is 4. The van der Waals surface area contributed by atoms with Gasteiger partial charge in [-0.15, -0.1) is 0 Å². The first-order valence-electron chi connectivity index (χ1n) is 4.69. The van der Waals surface area contributed by atoms with Crippen LogP contribution in [0, 0.1) is 0 Å². The van der Waals surface area contributed by atoms with Crippen LogP contribution in [0.5, 0.6) is 5.88 Å². The summed E-state index contributed by atoms with van der Waals surface area (Å²) in [6.07, 6.45) is -0.0975. The van der Waals surface area contributed by atoms with E-state index in [2.05, 4.69) is 4.98 Å². The maximum absolute atomic E-state index is 12.6. The first-order valence-corrected chi connectivity index (χ1v) is 6.08. The van der Waals surface area contributed by atoms with Gasteiger partial charge in [0.25, 0.3) is 6.43 Å². The second-order valence-electron chi connectivity index (χ2n) is 3.06. The van der Waals surface area contributed by atoms with E-state index in [1.165, 1.54) is 0 Å². The van der Waals surface area contributed by atoms with Crippen molar-refractivity contribution in [3.05, 3.63) is 23.4 Å². The minimum Gasteiger partial charge on any atom is -0.478 e. The summed E-state index contributed by atoms with van der Waals surface area (Å²) >= 11 is 1.54. The van der Waals surface area contributed by atoms with Gasteiger partial charge in [-0.3, -0.25) is 0 Å². The van der Waals surface area contributed by atoms with Gasteiger partial charge in [0.05, 0.1) is 12.2 Å². The summed E-state index contributed by atoms with van der Waals surface area (Å²) in [4.78, 5) is 14.3. The van der Waals surface area contributed by atoms with Crippen LogP contribution in [0.15, 0.2) is 12.3 Å². The fourth-order valence-electron chi connectivity index (χ4n) is 1.12. The third-order valence-electron chi connectivity index (χ3n) is 1.91. The molecule has 1 rings (SSSR count). The molecule has 0 fully saturated rings. The first kappa shape index (κ1) is 13.7. The Morgan fingerprint density at radius 3 is 2.88 bits per heavy atom. The highest BCUT2D eigenvalue weighted by atomic mass is 32.2. The van der Waals surface area contributed by atoms with Crippen molar-refractivity contribution in [2.75, 3.05) is 18.6 Å². The molecule has 1 heterocycles. The van der Waals surface area contributed by atoms with Crippen molar-refractivity contribution in [2.24, 2.45) is 0 Å². The van der Waals surface area contributed by atoms with Gasteiger partial charge in [0.2, 0.25) is 5.88 Å². The van der Waals surface area contributed by atoms with E-state index in [0.717, 1.165) is 12.3 Å². The molecule has 0 radical (unpaired) electrons. The number of hydrogen-bond donors (Lipinski definition) is 1. The monoisotopic (exact) mass is 263 g/mol. The second-order valence-corrected chi connectivity index (χ2v) is 4.04. The van der Waals surface area contributed by atoms with E-state index in [-0.39, 0.29) is 5.88 Å². The number of halogens is 2. The molecule has 1 aromatic rings. The third-order valence-corrected chi connectivity index (χ3v) is 2.49. The molecule has 1 N–H and O–H groups in total. The van der Waals surface area contributed by atoms with E-state index in [9.17, 15) is 13.6 Å². The Hall–Kier alpha value is -1.37. The van der Waals surface area contributed by atoms with Gasteiger partial charge in [0.1, 0.15) is 0 Å². The topological polar surface area (TPSA) is 59.4 Å². The van der Waals surface area contributed by atoms with Crippen LogP contribution in [-0.4, -0.2) is 34.7 Å². The SMILES string of the molecule is CSCCOc1cc(C(F)F)c(C(=O)O)cn1. The normalized spacial score (nSPS) is 10.6. The number of pyridine rings is 1. The van der Waals surface area contributed by atoms with Crippen molar-refractivity contribution in [3.63, 3.8) is 0 Å². The molecular weight excluding hydrogens is 252 g/mol. The minimum atomic E-state index is -2.87. The quantitative estimate of drug-likeness (QED) is 0.799. The standard InChI is InChI=1S/C10H11F2NO3S/c1-17-3-2-16-8-4-6(9(11)12)7(5-13-8)10(14)15/h4-5,9H,2-3H2,1H3,(H,14,15). The molecule has 0 saturated heterocycles. The zero-order chi connectivity index (χ0) is 12.8. The Bertz CT molecular complexity index is 401. The third kappa shape index (κ3) is 3.85. The minimum absolute atomic E-state index is 0.0133. The predicted octanol–water partition coefficient (Wildman–Crippen LogP) is 2.46. The maximum Gasteiger partial charge on any atom is 0.337 e. The highest BCUT2D eigenvalue weighted by Gasteiger charge is 2.19. The molecule has 0 aliphatic heterocycles. The number of ether oxygens (including phenoxy) is 1. The molecule has 0 aromatic carbocycles. The lowest BCUT2D eigenvalue weighted by molar-refractivity contribution is 0.0683. The van der Waals surface area contributed by atoms with Gasteiger partial charge in [-0.25, -0.2) is 18.6 Å². The molecule has 0 amide bonds. The maximum atomic E-state index is 12.6. The van der Waals surface area contributed by atoms with Crippen molar-refractivity contribution in [1.29, 1.82) is 0 Å². The van der Waals surface area contributed by atoms with Crippen molar-refractivity contribution >= 4 is 17.7 Å². The number of alkyl halides is 2. The summed E-state index contributed by atoms with van der Waals surface area (Å²) in [6.45, 7) is 0.337. The summed E-state index contributed by atoms with van der Waals surface area (Å²) in [5, 5.41) is 8.70.